The first-order valence-corrected chi connectivity index (χ1v) is 13.6. The Morgan fingerprint density at radius 2 is 1.71 bits per heavy atom. The monoisotopic (exact) mass is 531 g/mol. The second-order valence-electron chi connectivity index (χ2n) is 11.6. The SMILES string of the molecule is CC(C)(C)c1ccc(N2CCN(CCC(=O)N3CCCC(CNc4cncc(C(F)(F)F)c4)C3)CC2)cc1. The summed E-state index contributed by atoms with van der Waals surface area (Å²) < 4.78 is 38.8. The van der Waals surface area contributed by atoms with E-state index in [-0.39, 0.29) is 17.2 Å². The number of amides is 1. The van der Waals surface area contributed by atoms with Crippen molar-refractivity contribution in [2.75, 3.05) is 62.6 Å². The van der Waals surface area contributed by atoms with Crippen molar-refractivity contribution in [2.24, 2.45) is 5.92 Å². The Labute approximate surface area is 224 Å². The fourth-order valence-corrected chi connectivity index (χ4v) is 5.23. The topological polar surface area (TPSA) is 51.7 Å². The summed E-state index contributed by atoms with van der Waals surface area (Å²) in [6.45, 7) is 13.1. The summed E-state index contributed by atoms with van der Waals surface area (Å²) in [6.07, 6.45) is 0.173. The summed E-state index contributed by atoms with van der Waals surface area (Å²) in [5.41, 5.74) is 2.33. The fourth-order valence-electron chi connectivity index (χ4n) is 5.23. The van der Waals surface area contributed by atoms with Crippen LogP contribution in [0.1, 0.15) is 51.2 Å². The Balaban J connectivity index is 1.18. The van der Waals surface area contributed by atoms with Crippen LogP contribution >= 0.6 is 0 Å². The highest BCUT2D eigenvalue weighted by molar-refractivity contribution is 5.76. The summed E-state index contributed by atoms with van der Waals surface area (Å²) in [5.74, 6) is 0.367. The minimum atomic E-state index is -4.41. The van der Waals surface area contributed by atoms with Crippen molar-refractivity contribution in [3.63, 3.8) is 0 Å². The predicted molar refractivity (Wildman–Crippen MR) is 145 cm³/mol. The van der Waals surface area contributed by atoms with Gasteiger partial charge in [-0.1, -0.05) is 32.9 Å². The van der Waals surface area contributed by atoms with Gasteiger partial charge < -0.3 is 15.1 Å². The van der Waals surface area contributed by atoms with Gasteiger partial charge in [-0.2, -0.15) is 13.2 Å². The van der Waals surface area contributed by atoms with E-state index in [2.05, 4.69) is 65.1 Å². The average Bonchev–Trinajstić information content (AvgIpc) is 2.90. The third-order valence-corrected chi connectivity index (χ3v) is 7.64. The van der Waals surface area contributed by atoms with Gasteiger partial charge in [-0.05, 0) is 47.9 Å². The van der Waals surface area contributed by atoms with E-state index in [9.17, 15) is 18.0 Å². The molecule has 1 N–H and O–H groups in total. The second-order valence-corrected chi connectivity index (χ2v) is 11.6. The van der Waals surface area contributed by atoms with Crippen LogP contribution in [0.2, 0.25) is 0 Å². The van der Waals surface area contributed by atoms with Gasteiger partial charge in [0.05, 0.1) is 11.3 Å². The van der Waals surface area contributed by atoms with Gasteiger partial charge in [0.25, 0.3) is 0 Å². The normalized spacial score (nSPS) is 19.5. The molecule has 3 heterocycles. The van der Waals surface area contributed by atoms with Crippen molar-refractivity contribution >= 4 is 17.3 Å². The number of nitrogens with one attached hydrogen (secondary N) is 1. The number of anilines is 2. The predicted octanol–water partition coefficient (Wildman–Crippen LogP) is 5.26. The molecule has 1 aromatic carbocycles. The van der Waals surface area contributed by atoms with E-state index in [0.717, 1.165) is 64.4 Å². The molecule has 0 saturated carbocycles. The third-order valence-electron chi connectivity index (χ3n) is 7.64. The summed E-state index contributed by atoms with van der Waals surface area (Å²) in [7, 11) is 0. The van der Waals surface area contributed by atoms with Crippen LogP contribution in [-0.4, -0.2) is 73.0 Å². The number of benzene rings is 1. The van der Waals surface area contributed by atoms with Crippen molar-refractivity contribution in [2.45, 2.75) is 51.6 Å². The van der Waals surface area contributed by atoms with Gasteiger partial charge in [0, 0.05) is 76.9 Å². The van der Waals surface area contributed by atoms with Gasteiger partial charge in [0.15, 0.2) is 0 Å². The van der Waals surface area contributed by atoms with Gasteiger partial charge in [-0.15, -0.1) is 0 Å². The largest absolute Gasteiger partial charge is 0.417 e. The minimum Gasteiger partial charge on any atom is -0.383 e. The Hall–Kier alpha value is -2.81. The molecule has 6 nitrogen and oxygen atoms in total. The molecule has 2 aliphatic rings. The summed E-state index contributed by atoms with van der Waals surface area (Å²) in [6, 6.07) is 9.95. The van der Waals surface area contributed by atoms with Crippen LogP contribution in [0.15, 0.2) is 42.7 Å². The zero-order chi connectivity index (χ0) is 27.3. The van der Waals surface area contributed by atoms with Gasteiger partial charge in [0.1, 0.15) is 0 Å². The van der Waals surface area contributed by atoms with E-state index in [1.165, 1.54) is 17.4 Å². The van der Waals surface area contributed by atoms with E-state index < -0.39 is 11.7 Å². The molecular weight excluding hydrogens is 491 g/mol. The molecule has 0 spiro atoms. The average molecular weight is 532 g/mol. The molecule has 2 aliphatic heterocycles. The molecule has 208 valence electrons. The van der Waals surface area contributed by atoms with Gasteiger partial charge >= 0.3 is 6.18 Å². The molecule has 1 unspecified atom stereocenters. The highest BCUT2D eigenvalue weighted by Crippen LogP contribution is 2.30. The molecule has 2 fully saturated rings. The molecule has 9 heteroatoms. The summed E-state index contributed by atoms with van der Waals surface area (Å²) in [4.78, 5) is 23.3. The van der Waals surface area contributed by atoms with Crippen LogP contribution in [0, 0.1) is 5.92 Å². The molecular formula is C29H40F3N5O. The summed E-state index contributed by atoms with van der Waals surface area (Å²) in [5, 5.41) is 3.08. The van der Waals surface area contributed by atoms with E-state index in [0.29, 0.717) is 25.2 Å². The zero-order valence-corrected chi connectivity index (χ0v) is 22.7. The number of carbonyl (C=O) groups excluding carboxylic acids is 1. The fraction of sp³-hybridized carbons (Fsp3) is 0.586. The number of hydrogen-bond donors (Lipinski definition) is 1. The number of halogens is 3. The second kappa shape index (κ2) is 11.9. The van der Waals surface area contributed by atoms with E-state index >= 15 is 0 Å². The van der Waals surface area contributed by atoms with Gasteiger partial charge in [0.2, 0.25) is 5.91 Å². The maximum absolute atomic E-state index is 12.9. The molecule has 2 saturated heterocycles. The maximum Gasteiger partial charge on any atom is 0.417 e. The summed E-state index contributed by atoms with van der Waals surface area (Å²) >= 11 is 0. The molecule has 4 rings (SSSR count). The molecule has 1 amide bonds. The Kier molecular flexibility index (Phi) is 8.85. The lowest BCUT2D eigenvalue weighted by atomic mass is 9.87. The Morgan fingerprint density at radius 3 is 2.37 bits per heavy atom. The first kappa shape index (κ1) is 28.2. The first-order chi connectivity index (χ1) is 18.0. The standard InChI is InChI=1S/C29H40F3N5O/c1-28(2,3)23-6-8-26(9-7-23)36-15-13-35(14-16-36)12-10-27(38)37-11-4-5-22(21-37)18-34-25-17-24(19-33-20-25)29(30,31)32/h6-9,17,19-20,22,34H,4-5,10-16,18,21H2,1-3H3. The lowest BCUT2D eigenvalue weighted by molar-refractivity contribution is -0.137. The van der Waals surface area contributed by atoms with E-state index in [1.807, 2.05) is 4.90 Å². The Bertz CT molecular complexity index is 1060. The number of rotatable bonds is 7. The molecule has 38 heavy (non-hydrogen) atoms. The number of hydrogen-bond acceptors (Lipinski definition) is 5. The number of carbonyl (C=O) groups is 1. The van der Waals surface area contributed by atoms with E-state index in [1.54, 1.807) is 0 Å². The molecule has 1 aromatic heterocycles. The van der Waals surface area contributed by atoms with Crippen LogP contribution in [0.4, 0.5) is 24.5 Å². The van der Waals surface area contributed by atoms with Crippen LogP contribution in [0.25, 0.3) is 0 Å². The van der Waals surface area contributed by atoms with Crippen molar-refractivity contribution < 1.29 is 18.0 Å². The zero-order valence-electron chi connectivity index (χ0n) is 22.7. The van der Waals surface area contributed by atoms with Crippen molar-refractivity contribution in [3.05, 3.63) is 53.9 Å². The lowest BCUT2D eigenvalue weighted by Crippen LogP contribution is -2.48. The van der Waals surface area contributed by atoms with Crippen molar-refractivity contribution in [1.82, 2.24) is 14.8 Å². The molecule has 2 aromatic rings. The highest BCUT2D eigenvalue weighted by Gasteiger charge is 2.31. The number of piperidine rings is 1. The quantitative estimate of drug-likeness (QED) is 0.528. The van der Waals surface area contributed by atoms with Crippen molar-refractivity contribution in [1.29, 1.82) is 0 Å². The highest BCUT2D eigenvalue weighted by atomic mass is 19.4. The first-order valence-electron chi connectivity index (χ1n) is 13.6. The lowest BCUT2D eigenvalue weighted by Gasteiger charge is -2.37. The minimum absolute atomic E-state index is 0.148. The number of nitrogens with zero attached hydrogens (tertiary/aromatic N) is 4. The molecule has 0 aliphatic carbocycles. The number of piperazine rings is 1. The van der Waals surface area contributed by atoms with Crippen LogP contribution in [-0.2, 0) is 16.4 Å². The van der Waals surface area contributed by atoms with Crippen molar-refractivity contribution in [3.8, 4) is 0 Å². The smallest absolute Gasteiger partial charge is 0.383 e. The van der Waals surface area contributed by atoms with Crippen LogP contribution < -0.4 is 10.2 Å². The van der Waals surface area contributed by atoms with Gasteiger partial charge in [-0.25, -0.2) is 0 Å². The Morgan fingerprint density at radius 1 is 1.00 bits per heavy atom. The number of pyridine rings is 1. The van der Waals surface area contributed by atoms with Crippen LogP contribution in [0.5, 0.6) is 0 Å². The number of aromatic nitrogens is 1. The van der Waals surface area contributed by atoms with E-state index in [4.69, 9.17) is 0 Å². The van der Waals surface area contributed by atoms with Gasteiger partial charge in [-0.3, -0.25) is 14.7 Å². The van der Waals surface area contributed by atoms with Crippen LogP contribution in [0.3, 0.4) is 0 Å². The third kappa shape index (κ3) is 7.62. The maximum atomic E-state index is 12.9. The molecule has 0 radical (unpaired) electrons. The molecule has 0 bridgehead atoms. The number of alkyl halides is 3. The molecule has 1 atom stereocenters. The number of likely N-dealkylation sites (tertiary alicyclic amines) is 1.